The van der Waals surface area contributed by atoms with Crippen molar-refractivity contribution in [1.29, 1.82) is 0 Å². The number of nitrogens with zero attached hydrogens (tertiary/aromatic N) is 3. The summed E-state index contributed by atoms with van der Waals surface area (Å²) in [5.74, 6) is -1.48. The van der Waals surface area contributed by atoms with Gasteiger partial charge < -0.3 is 9.88 Å². The van der Waals surface area contributed by atoms with E-state index in [0.717, 1.165) is 26.3 Å². The maximum atomic E-state index is 12.6. The van der Waals surface area contributed by atoms with Gasteiger partial charge in [-0.15, -0.1) is 0 Å². The predicted molar refractivity (Wildman–Crippen MR) is 119 cm³/mol. The average Bonchev–Trinajstić information content (AvgIpc) is 3.15. The topological polar surface area (TPSA) is 91.7 Å². The Balaban J connectivity index is 1.62. The van der Waals surface area contributed by atoms with Gasteiger partial charge in [0, 0.05) is 43.3 Å². The van der Waals surface area contributed by atoms with Crippen LogP contribution in [-0.4, -0.2) is 52.2 Å². The Morgan fingerprint density at radius 2 is 1.53 bits per heavy atom. The Bertz CT molecular complexity index is 1230. The van der Waals surface area contributed by atoms with Gasteiger partial charge in [-0.3, -0.25) is 24.2 Å². The van der Waals surface area contributed by atoms with E-state index < -0.39 is 17.8 Å². The second-order valence-corrected chi connectivity index (χ2v) is 7.56. The molecule has 8 nitrogen and oxygen atoms in total. The fourth-order valence-corrected chi connectivity index (χ4v) is 3.66. The van der Waals surface area contributed by atoms with E-state index in [9.17, 15) is 19.2 Å². The number of hydrogen-bond acceptors (Lipinski definition) is 4. The molecular weight excluding hydrogens is 408 g/mol. The maximum absolute atomic E-state index is 12.6. The van der Waals surface area contributed by atoms with Gasteiger partial charge in [0.25, 0.3) is 11.8 Å². The van der Waals surface area contributed by atoms with E-state index in [4.69, 9.17) is 0 Å². The number of hydrogen-bond donors (Lipinski definition) is 1. The molecule has 32 heavy (non-hydrogen) atoms. The highest BCUT2D eigenvalue weighted by Gasteiger charge is 2.37. The van der Waals surface area contributed by atoms with Gasteiger partial charge in [-0.2, -0.15) is 0 Å². The highest BCUT2D eigenvalue weighted by atomic mass is 16.2. The summed E-state index contributed by atoms with van der Waals surface area (Å²) in [7, 11) is 2.67. The first-order chi connectivity index (χ1) is 15.4. The van der Waals surface area contributed by atoms with Crippen LogP contribution in [0.1, 0.15) is 11.1 Å². The molecule has 1 aromatic heterocycles. The molecule has 8 heteroatoms. The molecule has 5 amide bonds. The molecule has 0 saturated carbocycles. The molecule has 1 saturated heterocycles. The third kappa shape index (κ3) is 3.90. The molecule has 1 aliphatic heterocycles. The van der Waals surface area contributed by atoms with E-state index in [0.29, 0.717) is 12.1 Å². The second-order valence-electron chi connectivity index (χ2n) is 7.56. The first-order valence-corrected chi connectivity index (χ1v) is 10.1. The lowest BCUT2D eigenvalue weighted by atomic mass is 10.1. The summed E-state index contributed by atoms with van der Waals surface area (Å²) in [6.07, 6.45) is 3.21. The molecule has 0 radical (unpaired) electrons. The number of likely N-dealkylation sites (N-methyl/N-ethyl adjacent to an activating group) is 2. The number of nitrogens with one attached hydrogen (secondary N) is 1. The largest absolute Gasteiger partial charge is 0.350 e. The number of amides is 5. The highest BCUT2D eigenvalue weighted by Crippen LogP contribution is 2.26. The number of aromatic nitrogens is 1. The third-order valence-electron chi connectivity index (χ3n) is 5.41. The van der Waals surface area contributed by atoms with Gasteiger partial charge in [-0.25, -0.2) is 4.79 Å². The number of urea groups is 1. The van der Waals surface area contributed by atoms with Crippen molar-refractivity contribution >= 4 is 40.7 Å². The fourth-order valence-electron chi connectivity index (χ4n) is 3.66. The van der Waals surface area contributed by atoms with Gasteiger partial charge in [0.2, 0.25) is 5.91 Å². The average molecular weight is 430 g/mol. The molecule has 0 bridgehead atoms. The van der Waals surface area contributed by atoms with Crippen molar-refractivity contribution < 1.29 is 19.2 Å². The number of barbiturate groups is 1. The maximum Gasteiger partial charge on any atom is 0.333 e. The molecule has 2 heterocycles. The van der Waals surface area contributed by atoms with Crippen molar-refractivity contribution in [2.45, 2.75) is 13.1 Å². The molecule has 0 aliphatic carbocycles. The fraction of sp³-hybridized carbons (Fsp3) is 0.167. The molecular formula is C24H22N4O4. The molecule has 162 valence electrons. The summed E-state index contributed by atoms with van der Waals surface area (Å²) in [5, 5.41) is 3.69. The number of benzene rings is 2. The first-order valence-electron chi connectivity index (χ1n) is 10.1. The number of fused-ring (bicyclic) bond motifs is 1. The smallest absolute Gasteiger partial charge is 0.333 e. The first kappa shape index (κ1) is 21.0. The van der Waals surface area contributed by atoms with E-state index in [1.54, 1.807) is 10.8 Å². The van der Waals surface area contributed by atoms with E-state index in [1.165, 1.54) is 20.2 Å². The quantitative estimate of drug-likeness (QED) is 0.497. The zero-order valence-electron chi connectivity index (χ0n) is 17.7. The van der Waals surface area contributed by atoms with Crippen molar-refractivity contribution in [3.8, 4) is 0 Å². The monoisotopic (exact) mass is 430 g/mol. The SMILES string of the molecule is CN1C(=O)C(=Cc2cn(CC(=O)NCc3ccccc3)c3ccccc23)C(=O)N(C)C1=O. The van der Waals surface area contributed by atoms with Crippen LogP contribution in [0.5, 0.6) is 0 Å². The zero-order chi connectivity index (χ0) is 22.8. The van der Waals surface area contributed by atoms with Crippen molar-refractivity contribution in [1.82, 2.24) is 19.7 Å². The Labute approximate surface area is 184 Å². The number of imide groups is 2. The van der Waals surface area contributed by atoms with E-state index in [2.05, 4.69) is 5.32 Å². The Morgan fingerprint density at radius 3 is 2.22 bits per heavy atom. The van der Waals surface area contributed by atoms with Crippen LogP contribution in [0.2, 0.25) is 0 Å². The van der Waals surface area contributed by atoms with Gasteiger partial charge in [0.05, 0.1) is 0 Å². The van der Waals surface area contributed by atoms with Gasteiger partial charge in [0.15, 0.2) is 0 Å². The molecule has 3 aromatic rings. The molecule has 1 aliphatic rings. The van der Waals surface area contributed by atoms with E-state index >= 15 is 0 Å². The number of para-hydroxylation sites is 1. The van der Waals surface area contributed by atoms with Crippen LogP contribution in [-0.2, 0) is 27.5 Å². The lowest BCUT2D eigenvalue weighted by Gasteiger charge is -2.28. The number of carbonyl (C=O) groups excluding carboxylic acids is 4. The Morgan fingerprint density at radius 1 is 0.906 bits per heavy atom. The van der Waals surface area contributed by atoms with E-state index in [1.807, 2.05) is 54.6 Å². The second kappa shape index (κ2) is 8.50. The zero-order valence-corrected chi connectivity index (χ0v) is 17.7. The van der Waals surface area contributed by atoms with E-state index in [-0.39, 0.29) is 18.0 Å². The van der Waals surface area contributed by atoms with Crippen LogP contribution < -0.4 is 5.32 Å². The Hall–Kier alpha value is -4.20. The molecule has 0 spiro atoms. The lowest BCUT2D eigenvalue weighted by molar-refractivity contribution is -0.134. The lowest BCUT2D eigenvalue weighted by Crippen LogP contribution is -2.52. The number of carbonyl (C=O) groups is 4. The Kier molecular flexibility index (Phi) is 5.59. The molecule has 0 atom stereocenters. The van der Waals surface area contributed by atoms with Crippen molar-refractivity contribution in [3.05, 3.63) is 77.5 Å². The number of rotatable bonds is 5. The normalized spacial score (nSPS) is 14.3. The summed E-state index contributed by atoms with van der Waals surface area (Å²) in [6.45, 7) is 0.502. The molecule has 0 unspecified atom stereocenters. The minimum atomic E-state index is -0.672. The summed E-state index contributed by atoms with van der Waals surface area (Å²) in [4.78, 5) is 51.5. The van der Waals surface area contributed by atoms with Crippen molar-refractivity contribution in [2.24, 2.45) is 0 Å². The molecule has 2 aromatic carbocycles. The van der Waals surface area contributed by atoms with Crippen LogP contribution in [0.15, 0.2) is 66.4 Å². The summed E-state index contributed by atoms with van der Waals surface area (Å²) < 4.78 is 1.78. The van der Waals surface area contributed by atoms with Gasteiger partial charge in [-0.1, -0.05) is 48.5 Å². The summed E-state index contributed by atoms with van der Waals surface area (Å²) in [6, 6.07) is 16.4. The molecule has 1 fully saturated rings. The molecule has 4 rings (SSSR count). The van der Waals surface area contributed by atoms with Crippen molar-refractivity contribution in [3.63, 3.8) is 0 Å². The van der Waals surface area contributed by atoms with Gasteiger partial charge in [0.1, 0.15) is 12.1 Å². The summed E-state index contributed by atoms with van der Waals surface area (Å²) in [5.41, 5.74) is 2.30. The van der Waals surface area contributed by atoms with Crippen LogP contribution in [0.3, 0.4) is 0 Å². The van der Waals surface area contributed by atoms with Gasteiger partial charge in [-0.05, 0) is 17.7 Å². The standard InChI is InChI=1S/C24H22N4O4/c1-26-22(30)19(23(31)27(2)24(26)32)12-17-14-28(20-11-7-6-10-18(17)20)15-21(29)25-13-16-8-4-3-5-9-16/h3-12,14H,13,15H2,1-2H3,(H,25,29). The minimum absolute atomic E-state index is 0.0801. The minimum Gasteiger partial charge on any atom is -0.350 e. The predicted octanol–water partition coefficient (Wildman–Crippen LogP) is 2.39. The molecule has 1 N–H and O–H groups in total. The highest BCUT2D eigenvalue weighted by molar-refractivity contribution is 6.31. The van der Waals surface area contributed by atoms with Crippen LogP contribution in [0.25, 0.3) is 17.0 Å². The van der Waals surface area contributed by atoms with Crippen LogP contribution in [0, 0.1) is 0 Å². The van der Waals surface area contributed by atoms with Crippen LogP contribution in [0.4, 0.5) is 4.79 Å². The van der Waals surface area contributed by atoms with Crippen LogP contribution >= 0.6 is 0 Å². The third-order valence-corrected chi connectivity index (χ3v) is 5.41. The van der Waals surface area contributed by atoms with Gasteiger partial charge >= 0.3 is 6.03 Å². The summed E-state index contributed by atoms with van der Waals surface area (Å²) >= 11 is 0. The van der Waals surface area contributed by atoms with Crippen molar-refractivity contribution in [2.75, 3.05) is 14.1 Å².